The van der Waals surface area contributed by atoms with Crippen molar-refractivity contribution in [1.29, 1.82) is 0 Å². The van der Waals surface area contributed by atoms with Crippen LogP contribution in [-0.4, -0.2) is 36.9 Å². The monoisotopic (exact) mass is 320 g/mol. The third-order valence-electron chi connectivity index (χ3n) is 3.05. The third kappa shape index (κ3) is 4.35. The number of nitrogens with zero attached hydrogens (tertiary/aromatic N) is 2. The second-order valence-electron chi connectivity index (χ2n) is 4.69. The zero-order chi connectivity index (χ0) is 16.7. The first-order chi connectivity index (χ1) is 11.2. The van der Waals surface area contributed by atoms with Gasteiger partial charge in [-0.1, -0.05) is 12.1 Å². The molecule has 0 saturated carbocycles. The summed E-state index contributed by atoms with van der Waals surface area (Å²) < 4.78 is 15.6. The van der Waals surface area contributed by atoms with E-state index in [1.165, 1.54) is 0 Å². The second kappa shape index (κ2) is 8.02. The summed E-state index contributed by atoms with van der Waals surface area (Å²) in [5, 5.41) is 9.25. The predicted octanol–water partition coefficient (Wildman–Crippen LogP) is 1.96. The standard InChI is InChI=1S/C15H20N4O4/c1-4-7-16-15(20)17-9-13-18-14(19-23-13)10-5-6-11(21-2)12(8-10)22-3/h5-6,8H,4,7,9H2,1-3H3,(H2,16,17,20). The van der Waals surface area contributed by atoms with Gasteiger partial charge < -0.3 is 24.6 Å². The Hall–Kier alpha value is -2.77. The fraction of sp³-hybridized carbons (Fsp3) is 0.400. The number of benzene rings is 1. The average Bonchev–Trinajstić information content (AvgIpc) is 3.06. The molecule has 0 bridgehead atoms. The van der Waals surface area contributed by atoms with Crippen molar-refractivity contribution < 1.29 is 18.8 Å². The Morgan fingerprint density at radius 3 is 2.70 bits per heavy atom. The number of hydrogen-bond acceptors (Lipinski definition) is 6. The minimum absolute atomic E-state index is 0.163. The molecule has 0 spiro atoms. The lowest BCUT2D eigenvalue weighted by Gasteiger charge is -2.07. The van der Waals surface area contributed by atoms with Crippen LogP contribution in [-0.2, 0) is 6.54 Å². The van der Waals surface area contributed by atoms with Crippen LogP contribution in [0.25, 0.3) is 11.4 Å². The van der Waals surface area contributed by atoms with Crippen molar-refractivity contribution in [1.82, 2.24) is 20.8 Å². The first kappa shape index (κ1) is 16.6. The van der Waals surface area contributed by atoms with E-state index in [1.54, 1.807) is 32.4 Å². The first-order valence-electron chi connectivity index (χ1n) is 7.24. The van der Waals surface area contributed by atoms with E-state index in [-0.39, 0.29) is 12.6 Å². The predicted molar refractivity (Wildman–Crippen MR) is 83.4 cm³/mol. The molecular formula is C15H20N4O4. The Balaban J connectivity index is 2.03. The molecule has 8 heteroatoms. The van der Waals surface area contributed by atoms with Crippen molar-refractivity contribution >= 4 is 6.03 Å². The van der Waals surface area contributed by atoms with Crippen molar-refractivity contribution in [2.24, 2.45) is 0 Å². The normalized spacial score (nSPS) is 10.2. The van der Waals surface area contributed by atoms with E-state index in [9.17, 15) is 4.79 Å². The number of rotatable bonds is 7. The van der Waals surface area contributed by atoms with Gasteiger partial charge >= 0.3 is 6.03 Å². The molecule has 2 rings (SSSR count). The molecule has 1 aromatic heterocycles. The van der Waals surface area contributed by atoms with Crippen LogP contribution in [0.15, 0.2) is 22.7 Å². The second-order valence-corrected chi connectivity index (χ2v) is 4.69. The number of carbonyl (C=O) groups excluding carboxylic acids is 1. The lowest BCUT2D eigenvalue weighted by atomic mass is 10.2. The number of urea groups is 1. The van der Waals surface area contributed by atoms with Crippen LogP contribution in [0.2, 0.25) is 0 Å². The Kier molecular flexibility index (Phi) is 5.79. The Bertz CT molecular complexity index is 657. The molecule has 0 fully saturated rings. The minimum atomic E-state index is -0.266. The summed E-state index contributed by atoms with van der Waals surface area (Å²) in [6, 6.07) is 5.06. The van der Waals surface area contributed by atoms with Gasteiger partial charge in [0, 0.05) is 12.1 Å². The van der Waals surface area contributed by atoms with Crippen LogP contribution in [0, 0.1) is 0 Å². The number of aromatic nitrogens is 2. The van der Waals surface area contributed by atoms with E-state index in [1.807, 2.05) is 6.92 Å². The lowest BCUT2D eigenvalue weighted by molar-refractivity contribution is 0.238. The average molecular weight is 320 g/mol. The zero-order valence-corrected chi connectivity index (χ0v) is 13.4. The molecule has 124 valence electrons. The number of nitrogens with one attached hydrogen (secondary N) is 2. The van der Waals surface area contributed by atoms with Gasteiger partial charge in [0.1, 0.15) is 0 Å². The van der Waals surface area contributed by atoms with Crippen LogP contribution in [0.1, 0.15) is 19.2 Å². The van der Waals surface area contributed by atoms with Gasteiger partial charge in [-0.05, 0) is 24.6 Å². The van der Waals surface area contributed by atoms with Gasteiger partial charge in [0.2, 0.25) is 11.7 Å². The van der Waals surface area contributed by atoms with Crippen molar-refractivity contribution in [2.75, 3.05) is 20.8 Å². The fourth-order valence-electron chi connectivity index (χ4n) is 1.88. The molecule has 1 aromatic carbocycles. The molecule has 2 aromatic rings. The summed E-state index contributed by atoms with van der Waals surface area (Å²) in [4.78, 5) is 15.7. The summed E-state index contributed by atoms with van der Waals surface area (Å²) in [6.45, 7) is 2.76. The molecule has 0 saturated heterocycles. The highest BCUT2D eigenvalue weighted by atomic mass is 16.5. The summed E-state index contributed by atoms with van der Waals surface area (Å²) in [7, 11) is 3.13. The molecular weight excluding hydrogens is 300 g/mol. The van der Waals surface area contributed by atoms with Crippen LogP contribution >= 0.6 is 0 Å². The van der Waals surface area contributed by atoms with Gasteiger partial charge in [-0.2, -0.15) is 4.98 Å². The zero-order valence-electron chi connectivity index (χ0n) is 13.4. The van der Waals surface area contributed by atoms with E-state index in [0.717, 1.165) is 12.0 Å². The van der Waals surface area contributed by atoms with E-state index in [4.69, 9.17) is 14.0 Å². The Morgan fingerprint density at radius 1 is 1.22 bits per heavy atom. The Morgan fingerprint density at radius 2 is 2.00 bits per heavy atom. The largest absolute Gasteiger partial charge is 0.493 e. The van der Waals surface area contributed by atoms with Gasteiger partial charge in [0.25, 0.3) is 0 Å². The molecule has 1 heterocycles. The summed E-state index contributed by atoms with van der Waals surface area (Å²) in [5.41, 5.74) is 0.730. The van der Waals surface area contributed by atoms with Gasteiger partial charge in [0.05, 0.1) is 20.8 Å². The highest BCUT2D eigenvalue weighted by molar-refractivity contribution is 5.73. The van der Waals surface area contributed by atoms with Crippen LogP contribution < -0.4 is 20.1 Å². The van der Waals surface area contributed by atoms with Crippen molar-refractivity contribution in [2.45, 2.75) is 19.9 Å². The molecule has 2 N–H and O–H groups in total. The van der Waals surface area contributed by atoms with E-state index >= 15 is 0 Å². The molecule has 0 radical (unpaired) electrons. The maximum atomic E-state index is 11.5. The molecule has 0 unspecified atom stereocenters. The lowest BCUT2D eigenvalue weighted by Crippen LogP contribution is -2.35. The van der Waals surface area contributed by atoms with Gasteiger partial charge in [-0.25, -0.2) is 4.79 Å². The maximum absolute atomic E-state index is 11.5. The highest BCUT2D eigenvalue weighted by Crippen LogP contribution is 2.31. The summed E-state index contributed by atoms with van der Waals surface area (Å²) in [6.07, 6.45) is 0.872. The minimum Gasteiger partial charge on any atom is -0.493 e. The van der Waals surface area contributed by atoms with Crippen LogP contribution in [0.3, 0.4) is 0 Å². The van der Waals surface area contributed by atoms with Gasteiger partial charge in [0.15, 0.2) is 11.5 Å². The maximum Gasteiger partial charge on any atom is 0.315 e. The van der Waals surface area contributed by atoms with Gasteiger partial charge in [-0.3, -0.25) is 0 Å². The molecule has 0 aliphatic rings. The first-order valence-corrected chi connectivity index (χ1v) is 7.24. The molecule has 0 atom stereocenters. The number of ether oxygens (including phenoxy) is 2. The molecule has 0 aliphatic heterocycles. The van der Waals surface area contributed by atoms with Crippen molar-refractivity contribution in [3.63, 3.8) is 0 Å². The topological polar surface area (TPSA) is 98.5 Å². The van der Waals surface area contributed by atoms with E-state index in [2.05, 4.69) is 20.8 Å². The Labute approximate surface area is 134 Å². The fourth-order valence-corrected chi connectivity index (χ4v) is 1.88. The number of methoxy groups -OCH3 is 2. The number of hydrogen-bond donors (Lipinski definition) is 2. The third-order valence-corrected chi connectivity index (χ3v) is 3.05. The van der Waals surface area contributed by atoms with E-state index < -0.39 is 0 Å². The number of amides is 2. The number of carbonyl (C=O) groups is 1. The van der Waals surface area contributed by atoms with Crippen LogP contribution in [0.5, 0.6) is 11.5 Å². The van der Waals surface area contributed by atoms with Gasteiger partial charge in [-0.15, -0.1) is 0 Å². The van der Waals surface area contributed by atoms with Crippen molar-refractivity contribution in [3.8, 4) is 22.9 Å². The van der Waals surface area contributed by atoms with Crippen molar-refractivity contribution in [3.05, 3.63) is 24.1 Å². The van der Waals surface area contributed by atoms with Crippen LogP contribution in [0.4, 0.5) is 4.79 Å². The molecule has 0 aliphatic carbocycles. The summed E-state index contributed by atoms with van der Waals surface area (Å²) in [5.74, 6) is 1.93. The summed E-state index contributed by atoms with van der Waals surface area (Å²) >= 11 is 0. The smallest absolute Gasteiger partial charge is 0.315 e. The molecule has 2 amide bonds. The molecule has 8 nitrogen and oxygen atoms in total. The van der Waals surface area contributed by atoms with E-state index in [0.29, 0.717) is 29.8 Å². The molecule has 23 heavy (non-hydrogen) atoms. The SMILES string of the molecule is CCCNC(=O)NCc1nc(-c2ccc(OC)c(OC)c2)no1. The quantitative estimate of drug-likeness (QED) is 0.809. The highest BCUT2D eigenvalue weighted by Gasteiger charge is 2.12.